The highest BCUT2D eigenvalue weighted by Gasteiger charge is 2.19. The molecule has 11 heteroatoms. The summed E-state index contributed by atoms with van der Waals surface area (Å²) >= 11 is 0. The molecule has 0 unspecified atom stereocenters. The second-order valence-corrected chi connectivity index (χ2v) is 9.46. The van der Waals surface area contributed by atoms with Gasteiger partial charge in [-0.1, -0.05) is 32.8 Å². The minimum Gasteiger partial charge on any atom is -0.348 e. The van der Waals surface area contributed by atoms with Crippen molar-refractivity contribution >= 4 is 40.1 Å². The Hall–Kier alpha value is -4.80. The van der Waals surface area contributed by atoms with Gasteiger partial charge in [0.1, 0.15) is 5.69 Å². The third kappa shape index (κ3) is 6.60. The average molecular weight is 543 g/mol. The Labute approximate surface area is 232 Å². The summed E-state index contributed by atoms with van der Waals surface area (Å²) in [7, 11) is 3.31. The lowest BCUT2D eigenvalue weighted by molar-refractivity contribution is 0.0932. The maximum Gasteiger partial charge on any atom is 0.321 e. The molecular formula is C29H34N8O3. The van der Waals surface area contributed by atoms with Gasteiger partial charge in [0.15, 0.2) is 5.69 Å². The third-order valence-electron chi connectivity index (χ3n) is 6.45. The summed E-state index contributed by atoms with van der Waals surface area (Å²) in [5.41, 5.74) is 3.80. The Morgan fingerprint density at radius 1 is 0.875 bits per heavy atom. The Morgan fingerprint density at radius 2 is 1.65 bits per heavy atom. The molecule has 5 rings (SSSR count). The fraction of sp³-hybridized carbons (Fsp3) is 0.310. The van der Waals surface area contributed by atoms with Crippen molar-refractivity contribution in [3.8, 4) is 11.1 Å². The number of H-pyrrole nitrogens is 1. The molecule has 4 amide bonds. The number of benzene rings is 1. The van der Waals surface area contributed by atoms with Crippen molar-refractivity contribution < 1.29 is 14.4 Å². The van der Waals surface area contributed by atoms with Crippen molar-refractivity contribution in [1.29, 1.82) is 0 Å². The molecule has 0 spiro atoms. The number of carbonyl (C=O) groups excluding carboxylic acids is 3. The highest BCUT2D eigenvalue weighted by Crippen LogP contribution is 2.27. The van der Waals surface area contributed by atoms with E-state index in [0.717, 1.165) is 36.8 Å². The molecule has 0 aliphatic heterocycles. The third-order valence-corrected chi connectivity index (χ3v) is 6.45. The lowest BCUT2D eigenvalue weighted by Crippen LogP contribution is -2.33. The molecule has 3 heterocycles. The number of pyridine rings is 2. The van der Waals surface area contributed by atoms with Gasteiger partial charge in [0.25, 0.3) is 11.8 Å². The Bertz CT molecular complexity index is 1490. The fourth-order valence-electron chi connectivity index (χ4n) is 4.39. The molecule has 3 aromatic heterocycles. The summed E-state index contributed by atoms with van der Waals surface area (Å²) in [6.07, 6.45) is 8.96. The zero-order chi connectivity index (χ0) is 28.6. The van der Waals surface area contributed by atoms with Crippen LogP contribution in [-0.2, 0) is 0 Å². The molecule has 1 aliphatic rings. The topological polar surface area (TPSA) is 145 Å². The molecule has 1 saturated carbocycles. The van der Waals surface area contributed by atoms with E-state index in [2.05, 4.69) is 36.1 Å². The summed E-state index contributed by atoms with van der Waals surface area (Å²) in [5, 5.41) is 16.3. The summed E-state index contributed by atoms with van der Waals surface area (Å²) in [4.78, 5) is 47.4. The molecule has 4 N–H and O–H groups in total. The van der Waals surface area contributed by atoms with Crippen molar-refractivity contribution in [3.63, 3.8) is 0 Å². The maximum atomic E-state index is 13.1. The van der Waals surface area contributed by atoms with Crippen LogP contribution >= 0.6 is 0 Å². The van der Waals surface area contributed by atoms with Gasteiger partial charge in [0.2, 0.25) is 0 Å². The number of carbonyl (C=O) groups is 3. The number of nitrogens with zero attached hydrogens (tertiary/aromatic N) is 4. The van der Waals surface area contributed by atoms with E-state index in [9.17, 15) is 14.4 Å². The molecule has 40 heavy (non-hydrogen) atoms. The van der Waals surface area contributed by atoms with Gasteiger partial charge in [-0.2, -0.15) is 5.10 Å². The predicted molar refractivity (Wildman–Crippen MR) is 155 cm³/mol. The number of aromatic amines is 1. The van der Waals surface area contributed by atoms with Crippen LogP contribution in [0.5, 0.6) is 0 Å². The van der Waals surface area contributed by atoms with Crippen LogP contribution in [0, 0.1) is 0 Å². The molecule has 1 aliphatic carbocycles. The van der Waals surface area contributed by atoms with E-state index in [0.29, 0.717) is 28.0 Å². The van der Waals surface area contributed by atoms with Gasteiger partial charge in [-0.15, -0.1) is 0 Å². The molecule has 0 bridgehead atoms. The first kappa shape index (κ1) is 28.2. The van der Waals surface area contributed by atoms with Crippen molar-refractivity contribution in [1.82, 2.24) is 30.4 Å². The Morgan fingerprint density at radius 3 is 2.35 bits per heavy atom. The number of nitrogens with one attached hydrogen (secondary N) is 4. The first-order valence-electron chi connectivity index (χ1n) is 13.4. The number of rotatable bonds is 6. The second-order valence-electron chi connectivity index (χ2n) is 9.46. The van der Waals surface area contributed by atoms with Crippen molar-refractivity contribution in [3.05, 3.63) is 66.4 Å². The standard InChI is InChI=1S/C27H28N8O3.C2H6/c1-35(2)27(38)32-20-11-17(13-28-14-20)16-7-9-22-21(12-16)24(34-33-22)26(37)31-19-8-10-23(29-15-19)25(36)30-18-5-3-4-6-18;1-2/h7-15,18H,3-6H2,1-2H3,(H,30,36)(H,31,37)(H,32,38)(H,33,34);1-2H3. The second kappa shape index (κ2) is 12.8. The SMILES string of the molecule is CC.CN(C)C(=O)Nc1cncc(-c2ccc3[nH]nc(C(=O)Nc4ccc(C(=O)NC5CCCC5)nc4)c3c2)c1. The number of hydrogen-bond donors (Lipinski definition) is 4. The van der Waals surface area contributed by atoms with Crippen LogP contribution in [0.15, 0.2) is 55.0 Å². The molecule has 208 valence electrons. The lowest BCUT2D eigenvalue weighted by Gasteiger charge is -2.12. The van der Waals surface area contributed by atoms with Gasteiger partial charge in [-0.3, -0.25) is 19.7 Å². The van der Waals surface area contributed by atoms with Crippen LogP contribution < -0.4 is 16.0 Å². The average Bonchev–Trinajstić information content (AvgIpc) is 3.64. The normalized spacial score (nSPS) is 12.8. The van der Waals surface area contributed by atoms with Crippen LogP contribution in [0.4, 0.5) is 16.2 Å². The molecule has 11 nitrogen and oxygen atoms in total. The largest absolute Gasteiger partial charge is 0.348 e. The van der Waals surface area contributed by atoms with Gasteiger partial charge in [-0.25, -0.2) is 9.78 Å². The van der Waals surface area contributed by atoms with E-state index in [1.807, 2.05) is 38.1 Å². The Kier molecular flexibility index (Phi) is 9.05. The molecule has 0 radical (unpaired) electrons. The van der Waals surface area contributed by atoms with Crippen LogP contribution in [0.2, 0.25) is 0 Å². The van der Waals surface area contributed by atoms with Crippen LogP contribution in [0.25, 0.3) is 22.0 Å². The Balaban J connectivity index is 0.00000181. The minimum atomic E-state index is -0.413. The van der Waals surface area contributed by atoms with Crippen LogP contribution in [-0.4, -0.2) is 63.0 Å². The van der Waals surface area contributed by atoms with Crippen LogP contribution in [0.1, 0.15) is 60.5 Å². The van der Waals surface area contributed by atoms with Gasteiger partial charge in [0.05, 0.1) is 29.3 Å². The van der Waals surface area contributed by atoms with Gasteiger partial charge < -0.3 is 20.9 Å². The zero-order valence-electron chi connectivity index (χ0n) is 23.1. The maximum absolute atomic E-state index is 13.1. The number of aromatic nitrogens is 4. The lowest BCUT2D eigenvalue weighted by atomic mass is 10.0. The van der Waals surface area contributed by atoms with Crippen molar-refractivity contribution in [2.45, 2.75) is 45.6 Å². The molecular weight excluding hydrogens is 508 g/mol. The summed E-state index contributed by atoms with van der Waals surface area (Å²) in [5.74, 6) is -0.621. The summed E-state index contributed by atoms with van der Waals surface area (Å²) < 4.78 is 0. The number of fused-ring (bicyclic) bond motifs is 1. The molecule has 1 fully saturated rings. The highest BCUT2D eigenvalue weighted by molar-refractivity contribution is 6.11. The molecule has 0 saturated heterocycles. The predicted octanol–water partition coefficient (Wildman–Crippen LogP) is 5.06. The molecule has 0 atom stereocenters. The monoisotopic (exact) mass is 542 g/mol. The highest BCUT2D eigenvalue weighted by atomic mass is 16.2. The smallest absolute Gasteiger partial charge is 0.321 e. The van der Waals surface area contributed by atoms with Crippen molar-refractivity contribution in [2.24, 2.45) is 0 Å². The van der Waals surface area contributed by atoms with Crippen LogP contribution in [0.3, 0.4) is 0 Å². The molecule has 1 aromatic carbocycles. The van der Waals surface area contributed by atoms with E-state index in [-0.39, 0.29) is 23.7 Å². The minimum absolute atomic E-state index is 0.205. The number of amides is 4. The fourth-order valence-corrected chi connectivity index (χ4v) is 4.39. The first-order chi connectivity index (χ1) is 19.4. The van der Waals surface area contributed by atoms with Gasteiger partial charge >= 0.3 is 6.03 Å². The number of hydrogen-bond acceptors (Lipinski definition) is 6. The van der Waals surface area contributed by atoms with Crippen molar-refractivity contribution in [2.75, 3.05) is 24.7 Å². The first-order valence-corrected chi connectivity index (χ1v) is 13.4. The zero-order valence-corrected chi connectivity index (χ0v) is 23.1. The quantitative estimate of drug-likeness (QED) is 0.268. The van der Waals surface area contributed by atoms with E-state index >= 15 is 0 Å². The van der Waals surface area contributed by atoms with E-state index in [1.54, 1.807) is 38.6 Å². The summed E-state index contributed by atoms with van der Waals surface area (Å²) in [6.45, 7) is 4.00. The van der Waals surface area contributed by atoms with E-state index in [4.69, 9.17) is 0 Å². The van der Waals surface area contributed by atoms with E-state index < -0.39 is 5.91 Å². The van der Waals surface area contributed by atoms with E-state index in [1.165, 1.54) is 11.1 Å². The number of anilines is 2. The number of urea groups is 1. The summed E-state index contributed by atoms with van der Waals surface area (Å²) in [6, 6.07) is 10.6. The van der Waals surface area contributed by atoms with Gasteiger partial charge in [-0.05, 0) is 48.7 Å². The molecule has 4 aromatic rings. The van der Waals surface area contributed by atoms with Gasteiger partial charge in [0, 0.05) is 37.3 Å².